The molecule has 0 N–H and O–H groups in total. The first-order valence-corrected chi connectivity index (χ1v) is 4.98. The molecule has 0 aliphatic rings. The molecule has 8 heavy (non-hydrogen) atoms. The second kappa shape index (κ2) is 6.25. The Labute approximate surface area is 76.9 Å². The maximum atomic E-state index is 9.78. The topological polar surface area (TPSA) is 17.1 Å². The molecule has 0 aromatic carbocycles. The first kappa shape index (κ1) is 9.13. The van der Waals surface area contributed by atoms with Gasteiger partial charge in [0.15, 0.2) is 0 Å². The molecule has 1 nitrogen and oxygen atoms in total. The normalized spacial score (nSPS) is 9.88. The van der Waals surface area contributed by atoms with Gasteiger partial charge in [-0.1, -0.05) is 45.2 Å². The molecule has 0 heterocycles. The third-order valence-electron chi connectivity index (χ3n) is 0.744. The Hall–Kier alpha value is 1.13. The Morgan fingerprint density at radius 3 is 2.50 bits per heavy atom. The van der Waals surface area contributed by atoms with Crippen molar-refractivity contribution in [3.05, 3.63) is 0 Å². The number of aldehydes is 1. The average molecular weight is 338 g/mol. The number of hydrogen-bond acceptors (Lipinski definition) is 1. The van der Waals surface area contributed by atoms with Gasteiger partial charge in [-0.15, -0.1) is 0 Å². The number of alkyl halides is 2. The van der Waals surface area contributed by atoms with E-state index in [9.17, 15) is 4.79 Å². The molecule has 0 atom stereocenters. The van der Waals surface area contributed by atoms with Crippen LogP contribution in [0.3, 0.4) is 0 Å². The van der Waals surface area contributed by atoms with Crippen LogP contribution in [0.25, 0.3) is 0 Å². The van der Waals surface area contributed by atoms with E-state index in [0.29, 0.717) is 1.93 Å². The number of hydrogen-bond donors (Lipinski definition) is 0. The summed E-state index contributed by atoms with van der Waals surface area (Å²) in [5.74, 6) is 0. The second-order valence-electron chi connectivity index (χ2n) is 1.49. The van der Waals surface area contributed by atoms with Crippen LogP contribution in [-0.2, 0) is 4.79 Å². The van der Waals surface area contributed by atoms with Gasteiger partial charge in [0.25, 0.3) is 0 Å². The van der Waals surface area contributed by atoms with Crippen LogP contribution in [0.5, 0.6) is 0 Å². The van der Waals surface area contributed by atoms with Gasteiger partial charge >= 0.3 is 0 Å². The summed E-state index contributed by atoms with van der Waals surface area (Å²) in [5, 5.41) is 0. The van der Waals surface area contributed by atoms with Gasteiger partial charge in [-0.05, 0) is 12.8 Å². The SMILES string of the molecule is O=CCCCC(I)I. The first-order chi connectivity index (χ1) is 3.77. The number of carbonyl (C=O) groups excluding carboxylic acids is 1. The van der Waals surface area contributed by atoms with Crippen molar-refractivity contribution in [1.82, 2.24) is 0 Å². The molecule has 0 aromatic rings. The maximum absolute atomic E-state index is 9.78. The fraction of sp³-hybridized carbons (Fsp3) is 0.800. The van der Waals surface area contributed by atoms with Gasteiger partial charge in [0.2, 0.25) is 0 Å². The molecular formula is C5H8I2O. The van der Waals surface area contributed by atoms with Crippen LogP contribution >= 0.6 is 45.2 Å². The molecule has 0 saturated carbocycles. The highest BCUT2D eigenvalue weighted by Gasteiger charge is 1.94. The van der Waals surface area contributed by atoms with Gasteiger partial charge in [-0.25, -0.2) is 0 Å². The smallest absolute Gasteiger partial charge is 0.119 e. The Balaban J connectivity index is 2.81. The number of halogens is 2. The Kier molecular flexibility index (Phi) is 7.14. The fourth-order valence-electron chi connectivity index (χ4n) is 0.355. The predicted molar refractivity (Wildman–Crippen MR) is 51.7 cm³/mol. The molecule has 3 heteroatoms. The number of rotatable bonds is 4. The largest absolute Gasteiger partial charge is 0.303 e. The summed E-state index contributed by atoms with van der Waals surface area (Å²) in [4.78, 5) is 9.78. The molecule has 0 fully saturated rings. The van der Waals surface area contributed by atoms with Crippen LogP contribution in [0.15, 0.2) is 0 Å². The van der Waals surface area contributed by atoms with Gasteiger partial charge in [-0.3, -0.25) is 0 Å². The molecule has 0 amide bonds. The molecule has 0 aliphatic carbocycles. The van der Waals surface area contributed by atoms with Crippen LogP contribution in [0.1, 0.15) is 19.3 Å². The second-order valence-corrected chi connectivity index (χ2v) is 6.88. The molecule has 0 rings (SSSR count). The minimum Gasteiger partial charge on any atom is -0.303 e. The van der Waals surface area contributed by atoms with E-state index >= 15 is 0 Å². The summed E-state index contributed by atoms with van der Waals surface area (Å²) in [7, 11) is 0. The molecule has 0 unspecified atom stereocenters. The lowest BCUT2D eigenvalue weighted by molar-refractivity contribution is -0.107. The zero-order valence-electron chi connectivity index (χ0n) is 4.44. The fourth-order valence-corrected chi connectivity index (χ4v) is 1.24. The highest BCUT2D eigenvalue weighted by atomic mass is 127. The van der Waals surface area contributed by atoms with Gasteiger partial charge < -0.3 is 4.79 Å². The van der Waals surface area contributed by atoms with Crippen LogP contribution < -0.4 is 0 Å². The van der Waals surface area contributed by atoms with Crippen LogP contribution in [0, 0.1) is 0 Å². The monoisotopic (exact) mass is 338 g/mol. The summed E-state index contributed by atoms with van der Waals surface area (Å²) >= 11 is 4.71. The van der Waals surface area contributed by atoms with Crippen molar-refractivity contribution >= 4 is 51.5 Å². The Morgan fingerprint density at radius 1 is 1.50 bits per heavy atom. The van der Waals surface area contributed by atoms with Crippen molar-refractivity contribution in [3.8, 4) is 0 Å². The summed E-state index contributed by atoms with van der Waals surface area (Å²) in [6, 6.07) is 0. The molecule has 0 aromatic heterocycles. The first-order valence-electron chi connectivity index (χ1n) is 2.49. The molecule has 0 radical (unpaired) electrons. The minimum atomic E-state index is 0.685. The van der Waals surface area contributed by atoms with E-state index in [0.717, 1.165) is 25.5 Å². The van der Waals surface area contributed by atoms with Gasteiger partial charge in [-0.2, -0.15) is 0 Å². The van der Waals surface area contributed by atoms with Crippen LogP contribution in [0.2, 0.25) is 0 Å². The van der Waals surface area contributed by atoms with Crippen molar-refractivity contribution in [1.29, 1.82) is 0 Å². The van der Waals surface area contributed by atoms with E-state index in [-0.39, 0.29) is 0 Å². The third-order valence-corrected chi connectivity index (χ3v) is 1.99. The Morgan fingerprint density at radius 2 is 2.12 bits per heavy atom. The molecule has 0 aliphatic heterocycles. The highest BCUT2D eigenvalue weighted by molar-refractivity contribution is 14.2. The summed E-state index contributed by atoms with van der Waals surface area (Å²) in [6.07, 6.45) is 3.90. The molecule has 48 valence electrons. The summed E-state index contributed by atoms with van der Waals surface area (Å²) in [6.45, 7) is 0. The molecule has 0 saturated heterocycles. The average Bonchev–Trinajstić information content (AvgIpc) is 1.66. The van der Waals surface area contributed by atoms with E-state index in [1.54, 1.807) is 0 Å². The molecule has 0 bridgehead atoms. The highest BCUT2D eigenvalue weighted by Crippen LogP contribution is 2.16. The summed E-state index contributed by atoms with van der Waals surface area (Å²) < 4.78 is 0.685. The Bertz CT molecular complexity index is 63.4. The minimum absolute atomic E-state index is 0.685. The van der Waals surface area contributed by atoms with Crippen molar-refractivity contribution in [2.45, 2.75) is 21.2 Å². The third kappa shape index (κ3) is 7.13. The van der Waals surface area contributed by atoms with Crippen LogP contribution in [0.4, 0.5) is 0 Å². The van der Waals surface area contributed by atoms with E-state index < -0.39 is 0 Å². The maximum Gasteiger partial charge on any atom is 0.119 e. The van der Waals surface area contributed by atoms with E-state index in [2.05, 4.69) is 45.2 Å². The van der Waals surface area contributed by atoms with Crippen molar-refractivity contribution in [2.75, 3.05) is 0 Å². The zero-order valence-corrected chi connectivity index (χ0v) is 8.76. The quantitative estimate of drug-likeness (QED) is 0.333. The van der Waals surface area contributed by atoms with E-state index in [1.807, 2.05) is 0 Å². The van der Waals surface area contributed by atoms with Gasteiger partial charge in [0.1, 0.15) is 6.29 Å². The predicted octanol–water partition coefficient (Wildman–Crippen LogP) is 2.55. The molecule has 0 spiro atoms. The van der Waals surface area contributed by atoms with Gasteiger partial charge in [0, 0.05) is 6.42 Å². The van der Waals surface area contributed by atoms with Crippen molar-refractivity contribution < 1.29 is 4.79 Å². The zero-order chi connectivity index (χ0) is 6.41. The lowest BCUT2D eigenvalue weighted by atomic mass is 10.3. The van der Waals surface area contributed by atoms with Crippen molar-refractivity contribution in [3.63, 3.8) is 0 Å². The standard InChI is InChI=1S/C5H8I2O/c6-5(7)3-1-2-4-8/h4-5H,1-3H2. The molecular weight excluding hydrogens is 330 g/mol. The van der Waals surface area contributed by atoms with Crippen LogP contribution in [-0.4, -0.2) is 8.22 Å². The lowest BCUT2D eigenvalue weighted by Gasteiger charge is -1.94. The number of unbranched alkanes of at least 4 members (excludes halogenated alkanes) is 1. The van der Waals surface area contributed by atoms with E-state index in [1.165, 1.54) is 0 Å². The lowest BCUT2D eigenvalue weighted by Crippen LogP contribution is -1.84. The van der Waals surface area contributed by atoms with E-state index in [4.69, 9.17) is 0 Å². The number of carbonyl (C=O) groups is 1. The van der Waals surface area contributed by atoms with Gasteiger partial charge in [0.05, 0.1) is 1.93 Å². The summed E-state index contributed by atoms with van der Waals surface area (Å²) in [5.41, 5.74) is 0. The van der Waals surface area contributed by atoms with Crippen molar-refractivity contribution in [2.24, 2.45) is 0 Å².